The molecule has 17 heavy (non-hydrogen) atoms. The van der Waals surface area contributed by atoms with Crippen LogP contribution in [0.5, 0.6) is 0 Å². The zero-order chi connectivity index (χ0) is 12.6. The number of esters is 1. The van der Waals surface area contributed by atoms with Crippen molar-refractivity contribution in [1.82, 2.24) is 0 Å². The van der Waals surface area contributed by atoms with Crippen molar-refractivity contribution in [3.8, 4) is 0 Å². The summed E-state index contributed by atoms with van der Waals surface area (Å²) in [6.07, 6.45) is 2.15. The molecular formula is C12H9Cl3O2. The van der Waals surface area contributed by atoms with Crippen LogP contribution in [0.4, 0.5) is 0 Å². The van der Waals surface area contributed by atoms with Crippen LogP contribution in [-0.2, 0) is 9.53 Å². The first-order chi connectivity index (χ1) is 7.97. The Morgan fingerprint density at radius 1 is 1.35 bits per heavy atom. The van der Waals surface area contributed by atoms with Crippen molar-refractivity contribution < 1.29 is 9.53 Å². The van der Waals surface area contributed by atoms with Crippen LogP contribution in [0.1, 0.15) is 18.9 Å². The van der Waals surface area contributed by atoms with E-state index in [-0.39, 0.29) is 12.1 Å². The predicted molar refractivity (Wildman–Crippen MR) is 69.6 cm³/mol. The van der Waals surface area contributed by atoms with Gasteiger partial charge >= 0.3 is 5.97 Å². The standard InChI is InChI=1S/C12H9Cl3O2/c1-6-2-8(12(16)17-6)3-7-4-9(13)5-10(14)11(7)15/h3-6H,2H2,1H3. The molecule has 2 rings (SSSR count). The zero-order valence-corrected chi connectivity index (χ0v) is 11.2. The summed E-state index contributed by atoms with van der Waals surface area (Å²) in [4.78, 5) is 11.5. The number of rotatable bonds is 1. The molecule has 1 aliphatic rings. The average molecular weight is 292 g/mol. The van der Waals surface area contributed by atoms with E-state index in [4.69, 9.17) is 39.5 Å². The minimum absolute atomic E-state index is 0.0952. The Balaban J connectivity index is 2.42. The molecule has 1 aliphatic heterocycles. The Kier molecular flexibility index (Phi) is 3.67. The first-order valence-corrected chi connectivity index (χ1v) is 6.17. The van der Waals surface area contributed by atoms with E-state index in [1.54, 1.807) is 18.2 Å². The highest BCUT2D eigenvalue weighted by Gasteiger charge is 2.25. The molecule has 1 saturated heterocycles. The van der Waals surface area contributed by atoms with E-state index < -0.39 is 0 Å². The van der Waals surface area contributed by atoms with Crippen molar-refractivity contribution in [3.05, 3.63) is 38.3 Å². The first kappa shape index (κ1) is 12.7. The average Bonchev–Trinajstić information content (AvgIpc) is 2.53. The topological polar surface area (TPSA) is 26.3 Å². The highest BCUT2D eigenvalue weighted by Crippen LogP contribution is 2.32. The zero-order valence-electron chi connectivity index (χ0n) is 8.97. The van der Waals surface area contributed by atoms with Crippen LogP contribution >= 0.6 is 34.8 Å². The molecule has 1 atom stereocenters. The summed E-state index contributed by atoms with van der Waals surface area (Å²) in [6, 6.07) is 3.22. The Hall–Kier alpha value is -0.700. The number of carbonyl (C=O) groups is 1. The summed E-state index contributed by atoms with van der Waals surface area (Å²) < 4.78 is 5.03. The smallest absolute Gasteiger partial charge is 0.334 e. The van der Waals surface area contributed by atoms with Gasteiger partial charge in [0.25, 0.3) is 0 Å². The molecule has 5 heteroatoms. The van der Waals surface area contributed by atoms with E-state index in [9.17, 15) is 4.79 Å². The molecule has 0 saturated carbocycles. The van der Waals surface area contributed by atoms with Crippen molar-refractivity contribution in [3.63, 3.8) is 0 Å². The number of benzene rings is 1. The molecule has 1 heterocycles. The fourth-order valence-corrected chi connectivity index (χ4v) is 2.35. The lowest BCUT2D eigenvalue weighted by molar-refractivity contribution is -0.138. The van der Waals surface area contributed by atoms with Gasteiger partial charge in [0.1, 0.15) is 6.10 Å². The number of hydrogen-bond donors (Lipinski definition) is 0. The van der Waals surface area contributed by atoms with Crippen molar-refractivity contribution >= 4 is 46.8 Å². The molecular weight excluding hydrogens is 282 g/mol. The van der Waals surface area contributed by atoms with Crippen molar-refractivity contribution in [1.29, 1.82) is 0 Å². The van der Waals surface area contributed by atoms with Crippen LogP contribution in [0.25, 0.3) is 6.08 Å². The normalized spacial score (nSPS) is 22.0. The van der Waals surface area contributed by atoms with Gasteiger partial charge < -0.3 is 4.74 Å². The molecule has 1 unspecified atom stereocenters. The van der Waals surface area contributed by atoms with E-state index in [2.05, 4.69) is 0 Å². The van der Waals surface area contributed by atoms with Crippen molar-refractivity contribution in [2.24, 2.45) is 0 Å². The molecule has 0 aromatic heterocycles. The largest absolute Gasteiger partial charge is 0.459 e. The Labute approximate surface area is 114 Å². The van der Waals surface area contributed by atoms with Crippen LogP contribution < -0.4 is 0 Å². The lowest BCUT2D eigenvalue weighted by Crippen LogP contribution is -1.99. The summed E-state index contributed by atoms with van der Waals surface area (Å²) in [5.41, 5.74) is 1.21. The van der Waals surface area contributed by atoms with E-state index >= 15 is 0 Å². The summed E-state index contributed by atoms with van der Waals surface area (Å²) in [6.45, 7) is 1.84. The predicted octanol–water partition coefficient (Wildman–Crippen LogP) is 4.37. The van der Waals surface area contributed by atoms with Gasteiger partial charge in [-0.05, 0) is 30.7 Å². The SMILES string of the molecule is CC1CC(=Cc2cc(Cl)cc(Cl)c2Cl)C(=O)O1. The Morgan fingerprint density at radius 3 is 2.65 bits per heavy atom. The molecule has 0 amide bonds. The van der Waals surface area contributed by atoms with E-state index in [1.807, 2.05) is 6.92 Å². The van der Waals surface area contributed by atoms with E-state index in [0.717, 1.165) is 0 Å². The van der Waals surface area contributed by atoms with Crippen LogP contribution in [0.15, 0.2) is 17.7 Å². The monoisotopic (exact) mass is 290 g/mol. The maximum Gasteiger partial charge on any atom is 0.334 e. The third kappa shape index (κ3) is 2.76. The maximum atomic E-state index is 11.5. The quantitative estimate of drug-likeness (QED) is 0.436. The molecule has 1 aromatic rings. The molecule has 0 N–H and O–H groups in total. The van der Waals surface area contributed by atoms with Crippen molar-refractivity contribution in [2.75, 3.05) is 0 Å². The van der Waals surface area contributed by atoms with Gasteiger partial charge in [-0.15, -0.1) is 0 Å². The third-order valence-electron chi connectivity index (χ3n) is 2.43. The van der Waals surface area contributed by atoms with Crippen LogP contribution in [-0.4, -0.2) is 12.1 Å². The summed E-state index contributed by atoms with van der Waals surface area (Å²) in [7, 11) is 0. The van der Waals surface area contributed by atoms with Gasteiger partial charge in [-0.1, -0.05) is 34.8 Å². The first-order valence-electron chi connectivity index (χ1n) is 5.03. The fraction of sp³-hybridized carbons (Fsp3) is 0.250. The molecule has 1 fully saturated rings. The second-order valence-corrected chi connectivity index (χ2v) is 5.10. The number of cyclic esters (lactones) is 1. The highest BCUT2D eigenvalue weighted by atomic mass is 35.5. The molecule has 0 radical (unpaired) electrons. The van der Waals surface area contributed by atoms with Crippen molar-refractivity contribution in [2.45, 2.75) is 19.4 Å². The van der Waals surface area contributed by atoms with Gasteiger partial charge in [0.2, 0.25) is 0 Å². The van der Waals surface area contributed by atoms with Gasteiger partial charge in [-0.25, -0.2) is 4.79 Å². The van der Waals surface area contributed by atoms with Gasteiger partial charge in [0.15, 0.2) is 0 Å². The van der Waals surface area contributed by atoms with E-state index in [1.165, 1.54) is 0 Å². The molecule has 90 valence electrons. The number of ether oxygens (including phenoxy) is 1. The van der Waals surface area contributed by atoms with Gasteiger partial charge in [0, 0.05) is 17.0 Å². The fourth-order valence-electron chi connectivity index (χ4n) is 1.68. The summed E-state index contributed by atoms with van der Waals surface area (Å²) in [5.74, 6) is -0.315. The molecule has 0 bridgehead atoms. The highest BCUT2D eigenvalue weighted by molar-refractivity contribution is 6.44. The minimum atomic E-state index is -0.315. The molecule has 0 spiro atoms. The second-order valence-electron chi connectivity index (χ2n) is 3.88. The van der Waals surface area contributed by atoms with Gasteiger partial charge in [-0.3, -0.25) is 0 Å². The summed E-state index contributed by atoms with van der Waals surface area (Å²) in [5, 5.41) is 1.23. The Bertz CT molecular complexity index is 509. The molecule has 2 nitrogen and oxygen atoms in total. The second kappa shape index (κ2) is 4.89. The lowest BCUT2D eigenvalue weighted by Gasteiger charge is -2.03. The summed E-state index contributed by atoms with van der Waals surface area (Å²) >= 11 is 17.8. The van der Waals surface area contributed by atoms with Crippen LogP contribution in [0, 0.1) is 0 Å². The number of hydrogen-bond acceptors (Lipinski definition) is 2. The lowest BCUT2D eigenvalue weighted by atomic mass is 10.1. The van der Waals surface area contributed by atoms with E-state index in [0.29, 0.717) is 32.6 Å². The minimum Gasteiger partial charge on any atom is -0.459 e. The van der Waals surface area contributed by atoms with Gasteiger partial charge in [0.05, 0.1) is 10.0 Å². The third-order valence-corrected chi connectivity index (χ3v) is 3.46. The van der Waals surface area contributed by atoms with Crippen LogP contribution in [0.2, 0.25) is 15.1 Å². The Morgan fingerprint density at radius 2 is 2.06 bits per heavy atom. The number of halogens is 3. The van der Waals surface area contributed by atoms with Gasteiger partial charge in [-0.2, -0.15) is 0 Å². The maximum absolute atomic E-state index is 11.5. The molecule has 1 aromatic carbocycles. The molecule has 0 aliphatic carbocycles. The number of carbonyl (C=O) groups excluding carboxylic acids is 1. The van der Waals surface area contributed by atoms with Crippen LogP contribution in [0.3, 0.4) is 0 Å².